The lowest BCUT2D eigenvalue weighted by Crippen LogP contribution is -2.20. The van der Waals surface area contributed by atoms with Gasteiger partial charge in [-0.3, -0.25) is 4.79 Å². The van der Waals surface area contributed by atoms with Crippen LogP contribution in [0.2, 0.25) is 5.02 Å². The lowest BCUT2D eigenvalue weighted by Gasteiger charge is -2.10. The molecule has 1 rings (SSSR count). The lowest BCUT2D eigenvalue weighted by molar-refractivity contribution is -0.121. The zero-order chi connectivity index (χ0) is 13.5. The number of nitrogens with one attached hydrogen (secondary N) is 1. The number of hydrogen-bond acceptors (Lipinski definition) is 3. The number of hydrogen-bond donors (Lipinski definition) is 1. The van der Waals surface area contributed by atoms with Gasteiger partial charge in [-0.05, 0) is 28.1 Å². The molecule has 0 heterocycles. The fourth-order valence-electron chi connectivity index (χ4n) is 1.14. The van der Waals surface area contributed by atoms with Gasteiger partial charge in [0, 0.05) is 11.6 Å². The Hall–Kier alpha value is -0.690. The van der Waals surface area contributed by atoms with Gasteiger partial charge in [0.1, 0.15) is 12.4 Å². The molecule has 0 atom stereocenters. The minimum Gasteiger partial charge on any atom is -0.382 e. The highest BCUT2D eigenvalue weighted by Gasteiger charge is 2.11. The van der Waals surface area contributed by atoms with Gasteiger partial charge in [0.2, 0.25) is 5.91 Å². The van der Waals surface area contributed by atoms with Gasteiger partial charge in [0.05, 0.1) is 23.9 Å². The van der Waals surface area contributed by atoms with Crippen LogP contribution in [-0.2, 0) is 14.3 Å². The molecule has 1 aromatic rings. The van der Waals surface area contributed by atoms with E-state index in [0.29, 0.717) is 23.4 Å². The third-order valence-electron chi connectivity index (χ3n) is 1.94. The number of amides is 1. The maximum absolute atomic E-state index is 13.0. The minimum atomic E-state index is -0.485. The lowest BCUT2D eigenvalue weighted by atomic mass is 10.3. The van der Waals surface area contributed by atoms with Gasteiger partial charge < -0.3 is 14.8 Å². The predicted octanol–water partition coefficient (Wildman–Crippen LogP) is 2.84. The van der Waals surface area contributed by atoms with Gasteiger partial charge in [-0.25, -0.2) is 4.39 Å². The van der Waals surface area contributed by atoms with E-state index in [0.717, 1.165) is 6.07 Å². The molecule has 0 fully saturated rings. The largest absolute Gasteiger partial charge is 0.382 e. The average molecular weight is 341 g/mol. The molecule has 0 aliphatic carbocycles. The molecule has 0 saturated heterocycles. The molecule has 0 aromatic heterocycles. The Morgan fingerprint density at radius 2 is 2.22 bits per heavy atom. The molecule has 0 unspecified atom stereocenters. The van der Waals surface area contributed by atoms with E-state index < -0.39 is 5.82 Å². The first-order chi connectivity index (χ1) is 8.54. The summed E-state index contributed by atoms with van der Waals surface area (Å²) in [4.78, 5) is 11.5. The van der Waals surface area contributed by atoms with Gasteiger partial charge in [0.25, 0.3) is 0 Å². The quantitative estimate of drug-likeness (QED) is 0.810. The summed E-state index contributed by atoms with van der Waals surface area (Å²) in [7, 11) is 1.54. The van der Waals surface area contributed by atoms with E-state index in [1.165, 1.54) is 6.07 Å². The summed E-state index contributed by atoms with van der Waals surface area (Å²) < 4.78 is 23.1. The molecule has 7 heteroatoms. The van der Waals surface area contributed by atoms with Crippen LogP contribution < -0.4 is 5.32 Å². The molecule has 100 valence electrons. The van der Waals surface area contributed by atoms with Crippen molar-refractivity contribution in [2.45, 2.75) is 0 Å². The van der Waals surface area contributed by atoms with E-state index in [2.05, 4.69) is 21.2 Å². The van der Waals surface area contributed by atoms with Crippen LogP contribution in [0.3, 0.4) is 0 Å². The fourth-order valence-corrected chi connectivity index (χ4v) is 2.04. The van der Waals surface area contributed by atoms with Crippen molar-refractivity contribution in [1.29, 1.82) is 0 Å². The van der Waals surface area contributed by atoms with Crippen molar-refractivity contribution < 1.29 is 18.7 Å². The SMILES string of the molecule is COCCOCC(=O)Nc1c(Cl)cc(F)cc1Br. The standard InChI is InChI=1S/C11H12BrClFNO3/c1-17-2-3-18-6-10(16)15-11-8(12)4-7(14)5-9(11)13/h4-5H,2-3,6H2,1H3,(H,15,16). The van der Waals surface area contributed by atoms with E-state index in [4.69, 9.17) is 21.1 Å². The van der Waals surface area contributed by atoms with E-state index in [1.54, 1.807) is 7.11 Å². The molecule has 1 amide bonds. The van der Waals surface area contributed by atoms with Gasteiger partial charge >= 0.3 is 0 Å². The molecular weight excluding hydrogens is 328 g/mol. The molecule has 0 aliphatic rings. The third kappa shape index (κ3) is 4.89. The summed E-state index contributed by atoms with van der Waals surface area (Å²) >= 11 is 8.94. The normalized spacial score (nSPS) is 10.4. The molecule has 0 aliphatic heterocycles. The molecule has 0 saturated carbocycles. The van der Waals surface area contributed by atoms with Gasteiger partial charge in [-0.15, -0.1) is 0 Å². The van der Waals surface area contributed by atoms with Gasteiger partial charge in [-0.1, -0.05) is 11.6 Å². The Balaban J connectivity index is 2.54. The maximum atomic E-state index is 13.0. The molecule has 0 spiro atoms. The number of rotatable bonds is 6. The summed E-state index contributed by atoms with van der Waals surface area (Å²) in [6, 6.07) is 2.33. The van der Waals surface area contributed by atoms with Crippen LogP contribution in [0.25, 0.3) is 0 Å². The number of methoxy groups -OCH3 is 1. The van der Waals surface area contributed by atoms with Crippen molar-refractivity contribution in [2.24, 2.45) is 0 Å². The number of anilines is 1. The summed E-state index contributed by atoms with van der Waals surface area (Å²) in [5.74, 6) is -0.860. The van der Waals surface area contributed by atoms with Crippen LogP contribution in [0.15, 0.2) is 16.6 Å². The van der Waals surface area contributed by atoms with Crippen LogP contribution >= 0.6 is 27.5 Å². The second-order valence-corrected chi connectivity index (χ2v) is 4.60. The topological polar surface area (TPSA) is 47.6 Å². The molecule has 1 aromatic carbocycles. The minimum absolute atomic E-state index is 0.118. The van der Waals surface area contributed by atoms with E-state index in [1.807, 2.05) is 0 Å². The summed E-state index contributed by atoms with van der Waals surface area (Å²) in [5, 5.41) is 2.65. The Bertz CT molecular complexity index is 408. The molecule has 0 radical (unpaired) electrons. The van der Waals surface area contributed by atoms with Crippen molar-refractivity contribution in [1.82, 2.24) is 0 Å². The predicted molar refractivity (Wildman–Crippen MR) is 70.4 cm³/mol. The van der Waals surface area contributed by atoms with Crippen LogP contribution in [-0.4, -0.2) is 32.8 Å². The van der Waals surface area contributed by atoms with Crippen molar-refractivity contribution in [3.63, 3.8) is 0 Å². The van der Waals surface area contributed by atoms with E-state index >= 15 is 0 Å². The average Bonchev–Trinajstić information content (AvgIpc) is 2.29. The zero-order valence-corrected chi connectivity index (χ0v) is 12.0. The van der Waals surface area contributed by atoms with Crippen molar-refractivity contribution in [2.75, 3.05) is 32.2 Å². The Morgan fingerprint density at radius 1 is 1.50 bits per heavy atom. The Kier molecular flexibility index (Phi) is 6.56. The second kappa shape index (κ2) is 7.68. The highest BCUT2D eigenvalue weighted by atomic mass is 79.9. The van der Waals surface area contributed by atoms with Crippen LogP contribution in [0.5, 0.6) is 0 Å². The van der Waals surface area contributed by atoms with Crippen molar-refractivity contribution >= 4 is 39.1 Å². The van der Waals surface area contributed by atoms with Crippen LogP contribution in [0.1, 0.15) is 0 Å². The van der Waals surface area contributed by atoms with Gasteiger partial charge in [-0.2, -0.15) is 0 Å². The molecule has 18 heavy (non-hydrogen) atoms. The summed E-state index contributed by atoms with van der Waals surface area (Å²) in [5.41, 5.74) is 0.318. The summed E-state index contributed by atoms with van der Waals surface area (Å²) in [6.07, 6.45) is 0. The Labute approximate surface area is 118 Å². The Morgan fingerprint density at radius 3 is 2.83 bits per heavy atom. The highest BCUT2D eigenvalue weighted by molar-refractivity contribution is 9.10. The number of benzene rings is 1. The highest BCUT2D eigenvalue weighted by Crippen LogP contribution is 2.31. The summed E-state index contributed by atoms with van der Waals surface area (Å²) in [6.45, 7) is 0.611. The monoisotopic (exact) mass is 339 g/mol. The third-order valence-corrected chi connectivity index (χ3v) is 2.86. The molecule has 0 bridgehead atoms. The zero-order valence-electron chi connectivity index (χ0n) is 9.63. The first kappa shape index (κ1) is 15.4. The van der Waals surface area contributed by atoms with E-state index in [9.17, 15) is 9.18 Å². The smallest absolute Gasteiger partial charge is 0.250 e. The van der Waals surface area contributed by atoms with Crippen molar-refractivity contribution in [3.05, 3.63) is 27.4 Å². The number of carbonyl (C=O) groups is 1. The fraction of sp³-hybridized carbons (Fsp3) is 0.364. The first-order valence-corrected chi connectivity index (χ1v) is 6.22. The van der Waals surface area contributed by atoms with Crippen molar-refractivity contribution in [3.8, 4) is 0 Å². The molecular formula is C11H12BrClFNO3. The van der Waals surface area contributed by atoms with Crippen LogP contribution in [0, 0.1) is 5.82 Å². The number of carbonyl (C=O) groups excluding carboxylic acids is 1. The van der Waals surface area contributed by atoms with Crippen LogP contribution in [0.4, 0.5) is 10.1 Å². The first-order valence-electron chi connectivity index (χ1n) is 5.05. The molecule has 4 nitrogen and oxygen atoms in total. The van der Waals surface area contributed by atoms with E-state index in [-0.39, 0.29) is 17.5 Å². The molecule has 1 N–H and O–H groups in total. The number of ether oxygens (including phenoxy) is 2. The number of halogens is 3. The maximum Gasteiger partial charge on any atom is 0.250 e. The van der Waals surface area contributed by atoms with Gasteiger partial charge in [0.15, 0.2) is 0 Å². The second-order valence-electron chi connectivity index (χ2n) is 3.34.